The molecule has 0 aromatic carbocycles. The van der Waals surface area contributed by atoms with Crippen molar-refractivity contribution >= 4 is 17.7 Å². The standard InChI is InChI=1S/C11H4F6N2O2S/c12-10(13,14)5(9(20)21)1-6-8(11(15,16)17)4(2-18)7(3-19)22-6/h1,6,8H,(H,20,21)/b5-1-. The number of hydrogen-bond donors (Lipinski definition) is 1. The number of aliphatic carboxylic acids is 1. The molecule has 11 heteroatoms. The Morgan fingerprint density at radius 1 is 1.18 bits per heavy atom. The Balaban J connectivity index is 3.41. The zero-order chi connectivity index (χ0) is 17.3. The van der Waals surface area contributed by atoms with E-state index < -0.39 is 45.5 Å². The summed E-state index contributed by atoms with van der Waals surface area (Å²) in [5, 5.41) is 23.8. The van der Waals surface area contributed by atoms with E-state index in [2.05, 4.69) is 0 Å². The number of carbonyl (C=O) groups is 1. The van der Waals surface area contributed by atoms with Crippen molar-refractivity contribution in [3.63, 3.8) is 0 Å². The summed E-state index contributed by atoms with van der Waals surface area (Å²) in [5.74, 6) is -5.12. The fourth-order valence-corrected chi connectivity index (χ4v) is 2.97. The lowest BCUT2D eigenvalue weighted by Gasteiger charge is -2.20. The van der Waals surface area contributed by atoms with Crippen molar-refractivity contribution in [1.29, 1.82) is 10.5 Å². The Morgan fingerprint density at radius 2 is 1.73 bits per heavy atom. The van der Waals surface area contributed by atoms with Gasteiger partial charge in [0, 0.05) is 5.25 Å². The predicted octanol–water partition coefficient (Wildman–Crippen LogP) is 3.15. The SMILES string of the molecule is N#CC1=C(C#N)C(C(F)(F)F)C(/C=C(/C(=O)O)C(F)(F)F)S1. The largest absolute Gasteiger partial charge is 0.478 e. The van der Waals surface area contributed by atoms with E-state index in [0.717, 1.165) is 6.07 Å². The second kappa shape index (κ2) is 5.93. The number of nitriles is 2. The minimum Gasteiger partial charge on any atom is -0.478 e. The first-order chi connectivity index (χ1) is 9.93. The van der Waals surface area contributed by atoms with Crippen LogP contribution in [0.1, 0.15) is 0 Å². The van der Waals surface area contributed by atoms with Gasteiger partial charge >= 0.3 is 18.3 Å². The summed E-state index contributed by atoms with van der Waals surface area (Å²) in [7, 11) is 0. The van der Waals surface area contributed by atoms with Crippen LogP contribution in [0.2, 0.25) is 0 Å². The molecule has 0 radical (unpaired) electrons. The minimum absolute atomic E-state index is 0.0765. The van der Waals surface area contributed by atoms with Crippen LogP contribution in [0.3, 0.4) is 0 Å². The van der Waals surface area contributed by atoms with Gasteiger partial charge in [-0.2, -0.15) is 36.9 Å². The number of nitrogens with zero attached hydrogens (tertiary/aromatic N) is 2. The quantitative estimate of drug-likeness (QED) is 0.615. The van der Waals surface area contributed by atoms with Crippen LogP contribution in [0.4, 0.5) is 26.3 Å². The maximum atomic E-state index is 12.9. The first kappa shape index (κ1) is 17.9. The number of alkyl halides is 6. The summed E-state index contributed by atoms with van der Waals surface area (Å²) in [6.07, 6.45) is -10.6. The van der Waals surface area contributed by atoms with Crippen LogP contribution in [-0.2, 0) is 4.79 Å². The Morgan fingerprint density at radius 3 is 2.05 bits per heavy atom. The molecule has 0 aliphatic carbocycles. The van der Waals surface area contributed by atoms with Crippen LogP contribution in [-0.4, -0.2) is 28.7 Å². The van der Waals surface area contributed by atoms with Gasteiger partial charge in [0.2, 0.25) is 0 Å². The Bertz CT molecular complexity index is 635. The van der Waals surface area contributed by atoms with Gasteiger partial charge in [0.25, 0.3) is 0 Å². The third-order valence-electron chi connectivity index (χ3n) is 2.58. The van der Waals surface area contributed by atoms with E-state index in [-0.39, 0.29) is 17.8 Å². The van der Waals surface area contributed by atoms with Crippen LogP contribution in [0, 0.1) is 28.6 Å². The molecule has 0 bridgehead atoms. The van der Waals surface area contributed by atoms with E-state index in [9.17, 15) is 31.1 Å². The molecule has 2 unspecified atom stereocenters. The third kappa shape index (κ3) is 3.54. The van der Waals surface area contributed by atoms with Crippen molar-refractivity contribution in [3.8, 4) is 12.1 Å². The van der Waals surface area contributed by atoms with Gasteiger partial charge in [0.1, 0.15) is 17.6 Å². The molecule has 0 saturated heterocycles. The second-order valence-electron chi connectivity index (χ2n) is 3.95. The number of thioether (sulfide) groups is 1. The second-order valence-corrected chi connectivity index (χ2v) is 5.14. The number of halogens is 6. The monoisotopic (exact) mass is 342 g/mol. The molecule has 0 aromatic rings. The van der Waals surface area contributed by atoms with E-state index in [1.54, 1.807) is 0 Å². The predicted molar refractivity (Wildman–Crippen MR) is 60.9 cm³/mol. The van der Waals surface area contributed by atoms with Crippen molar-refractivity contribution in [1.82, 2.24) is 0 Å². The molecule has 118 valence electrons. The topological polar surface area (TPSA) is 84.9 Å². The normalized spacial score (nSPS) is 23.2. The van der Waals surface area contributed by atoms with Gasteiger partial charge in [-0.25, -0.2) is 4.79 Å². The highest BCUT2D eigenvalue weighted by Crippen LogP contribution is 2.50. The zero-order valence-corrected chi connectivity index (χ0v) is 11.0. The van der Waals surface area contributed by atoms with Crippen LogP contribution >= 0.6 is 11.8 Å². The van der Waals surface area contributed by atoms with Gasteiger partial charge in [-0.05, 0) is 0 Å². The van der Waals surface area contributed by atoms with Crippen molar-refractivity contribution in [2.24, 2.45) is 5.92 Å². The van der Waals surface area contributed by atoms with Crippen molar-refractivity contribution < 1.29 is 36.2 Å². The Labute approximate surface area is 123 Å². The Kier molecular flexibility index (Phi) is 4.82. The van der Waals surface area contributed by atoms with Crippen molar-refractivity contribution in [2.45, 2.75) is 17.6 Å². The molecule has 1 aliphatic rings. The van der Waals surface area contributed by atoms with E-state index in [4.69, 9.17) is 15.6 Å². The van der Waals surface area contributed by atoms with E-state index in [0.29, 0.717) is 0 Å². The lowest BCUT2D eigenvalue weighted by molar-refractivity contribution is -0.161. The van der Waals surface area contributed by atoms with Gasteiger partial charge in [0.15, 0.2) is 0 Å². The lowest BCUT2D eigenvalue weighted by atomic mass is 9.94. The number of carboxylic acids is 1. The molecule has 2 atom stereocenters. The van der Waals surface area contributed by atoms with E-state index in [1.165, 1.54) is 6.07 Å². The number of carboxylic acid groups (broad SMARTS) is 1. The summed E-state index contributed by atoms with van der Waals surface area (Å²) >= 11 is 0.0765. The number of allylic oxidation sites excluding steroid dienone is 2. The summed E-state index contributed by atoms with van der Waals surface area (Å²) in [6, 6.07) is 2.45. The van der Waals surface area contributed by atoms with Crippen LogP contribution in [0.15, 0.2) is 22.1 Å². The molecule has 4 nitrogen and oxygen atoms in total. The maximum Gasteiger partial charge on any atom is 0.423 e. The Hall–Kier alpha value is -2.14. The molecule has 1 heterocycles. The smallest absolute Gasteiger partial charge is 0.423 e. The lowest BCUT2D eigenvalue weighted by Crippen LogP contribution is -2.31. The fourth-order valence-electron chi connectivity index (χ4n) is 1.71. The summed E-state index contributed by atoms with van der Waals surface area (Å²) < 4.78 is 76.4. The minimum atomic E-state index is -5.37. The van der Waals surface area contributed by atoms with Crippen LogP contribution in [0.25, 0.3) is 0 Å². The summed E-state index contributed by atoms with van der Waals surface area (Å²) in [6.45, 7) is 0. The molecule has 0 spiro atoms. The average molecular weight is 342 g/mol. The molecule has 0 saturated carbocycles. The summed E-state index contributed by atoms with van der Waals surface area (Å²) in [5.41, 5.74) is -3.20. The van der Waals surface area contributed by atoms with Gasteiger partial charge in [-0.15, -0.1) is 11.8 Å². The van der Waals surface area contributed by atoms with Gasteiger partial charge in [0.05, 0.1) is 16.5 Å². The van der Waals surface area contributed by atoms with Gasteiger partial charge in [-0.1, -0.05) is 6.08 Å². The van der Waals surface area contributed by atoms with Gasteiger partial charge < -0.3 is 5.11 Å². The molecule has 0 fully saturated rings. The molecule has 0 amide bonds. The molecular weight excluding hydrogens is 338 g/mol. The highest BCUT2D eigenvalue weighted by molar-refractivity contribution is 8.04. The zero-order valence-electron chi connectivity index (χ0n) is 10.2. The first-order valence-electron chi connectivity index (χ1n) is 5.23. The molecule has 1 N–H and O–H groups in total. The van der Waals surface area contributed by atoms with Crippen LogP contribution in [0.5, 0.6) is 0 Å². The molecule has 22 heavy (non-hydrogen) atoms. The third-order valence-corrected chi connectivity index (χ3v) is 3.81. The van der Waals surface area contributed by atoms with Gasteiger partial charge in [-0.3, -0.25) is 0 Å². The van der Waals surface area contributed by atoms with Crippen LogP contribution < -0.4 is 0 Å². The fraction of sp³-hybridized carbons (Fsp3) is 0.364. The van der Waals surface area contributed by atoms with Crippen molar-refractivity contribution in [3.05, 3.63) is 22.1 Å². The first-order valence-corrected chi connectivity index (χ1v) is 6.11. The number of hydrogen-bond acceptors (Lipinski definition) is 4. The van der Waals surface area contributed by atoms with Crippen molar-refractivity contribution in [2.75, 3.05) is 0 Å². The molecular formula is C11H4F6N2O2S. The maximum absolute atomic E-state index is 12.9. The highest BCUT2D eigenvalue weighted by atomic mass is 32.2. The van der Waals surface area contributed by atoms with E-state index >= 15 is 0 Å². The molecule has 1 aliphatic heterocycles. The molecule has 1 rings (SSSR count). The number of rotatable bonds is 2. The average Bonchev–Trinajstić information content (AvgIpc) is 2.71. The highest BCUT2D eigenvalue weighted by Gasteiger charge is 2.53. The van der Waals surface area contributed by atoms with E-state index in [1.807, 2.05) is 0 Å². The molecule has 0 aromatic heterocycles. The summed E-state index contributed by atoms with van der Waals surface area (Å²) in [4.78, 5) is 9.89.